The van der Waals surface area contributed by atoms with E-state index < -0.39 is 60.8 Å². The highest BCUT2D eigenvalue weighted by Gasteiger charge is 2.52. The largest absolute Gasteiger partial charge is 0.408 e. The number of hydrogen-bond acceptors (Lipinski definition) is 7. The van der Waals surface area contributed by atoms with Gasteiger partial charge >= 0.3 is 6.18 Å². The molecule has 1 atom stereocenters. The third kappa shape index (κ3) is 6.07. The molecule has 3 heterocycles. The standard InChI is InChI=1S/C24H29F5N10O2/c1-14(2)39-17(5-10-30-39)19(40)33-18(15-3-6-23(25,26)7-4-15)20(41)32-16-11-31-38(12-16)22(8-9-22)21-34-35-36-37(21)13-24(27,28)29/h5,10-12,14-15,18H,3-4,6-9,13H2,1-2H3,(H,32,41)(H,33,40)/t18-/m0/s1. The van der Waals surface area contributed by atoms with Crippen molar-refractivity contribution in [3.8, 4) is 0 Å². The van der Waals surface area contributed by atoms with Gasteiger partial charge in [0.05, 0.1) is 11.9 Å². The minimum absolute atomic E-state index is 0.00848. The van der Waals surface area contributed by atoms with Crippen LogP contribution in [0.15, 0.2) is 24.7 Å². The Morgan fingerprint density at radius 1 is 1.12 bits per heavy atom. The van der Waals surface area contributed by atoms with Gasteiger partial charge in [-0.2, -0.15) is 23.4 Å². The first-order chi connectivity index (χ1) is 19.3. The summed E-state index contributed by atoms with van der Waals surface area (Å²) in [4.78, 5) is 26.6. The van der Waals surface area contributed by atoms with Crippen molar-refractivity contribution in [1.82, 2.24) is 45.1 Å². The molecule has 3 aromatic rings. The van der Waals surface area contributed by atoms with Crippen molar-refractivity contribution < 1.29 is 31.5 Å². The molecule has 0 radical (unpaired) electrons. The Morgan fingerprint density at radius 3 is 2.46 bits per heavy atom. The third-order valence-electron chi connectivity index (χ3n) is 7.48. The summed E-state index contributed by atoms with van der Waals surface area (Å²) in [6.45, 7) is 2.31. The minimum atomic E-state index is -4.53. The molecule has 2 saturated carbocycles. The van der Waals surface area contributed by atoms with E-state index in [9.17, 15) is 31.5 Å². The van der Waals surface area contributed by atoms with Gasteiger partial charge in [0, 0.05) is 31.3 Å². The Morgan fingerprint density at radius 2 is 1.83 bits per heavy atom. The highest BCUT2D eigenvalue weighted by molar-refractivity contribution is 6.00. The monoisotopic (exact) mass is 584 g/mol. The highest BCUT2D eigenvalue weighted by atomic mass is 19.4. The first kappa shape index (κ1) is 28.6. The summed E-state index contributed by atoms with van der Waals surface area (Å²) in [5.41, 5.74) is -0.571. The van der Waals surface area contributed by atoms with E-state index in [4.69, 9.17) is 0 Å². The first-order valence-corrected chi connectivity index (χ1v) is 13.2. The summed E-state index contributed by atoms with van der Waals surface area (Å²) in [6, 6.07) is 0.237. The molecule has 2 aliphatic carbocycles. The quantitative estimate of drug-likeness (QED) is 0.368. The highest BCUT2D eigenvalue weighted by Crippen LogP contribution is 2.48. The smallest absolute Gasteiger partial charge is 0.339 e. The van der Waals surface area contributed by atoms with Crippen LogP contribution in [0.2, 0.25) is 0 Å². The maximum atomic E-state index is 13.9. The molecule has 41 heavy (non-hydrogen) atoms. The number of alkyl halides is 5. The van der Waals surface area contributed by atoms with Crippen molar-refractivity contribution in [2.75, 3.05) is 5.32 Å². The van der Waals surface area contributed by atoms with Gasteiger partial charge in [-0.15, -0.1) is 5.10 Å². The fourth-order valence-electron chi connectivity index (χ4n) is 5.24. The molecule has 0 saturated heterocycles. The molecule has 5 rings (SSSR count). The number of nitrogens with one attached hydrogen (secondary N) is 2. The molecular formula is C24H29F5N10O2. The average molecular weight is 585 g/mol. The molecule has 0 aliphatic heterocycles. The van der Waals surface area contributed by atoms with Gasteiger partial charge in [-0.05, 0) is 61.9 Å². The Hall–Kier alpha value is -3.92. The molecule has 2 N–H and O–H groups in total. The summed E-state index contributed by atoms with van der Waals surface area (Å²) in [5.74, 6) is -4.59. The van der Waals surface area contributed by atoms with Crippen LogP contribution in [0.4, 0.5) is 27.6 Å². The van der Waals surface area contributed by atoms with Gasteiger partial charge in [0.2, 0.25) is 11.8 Å². The van der Waals surface area contributed by atoms with Crippen LogP contribution in [0.25, 0.3) is 0 Å². The lowest BCUT2D eigenvalue weighted by atomic mass is 9.81. The Kier molecular flexibility index (Phi) is 7.31. The summed E-state index contributed by atoms with van der Waals surface area (Å²) >= 11 is 0. The van der Waals surface area contributed by atoms with E-state index in [0.29, 0.717) is 17.5 Å². The first-order valence-electron chi connectivity index (χ1n) is 13.2. The lowest BCUT2D eigenvalue weighted by Gasteiger charge is -2.33. The Labute approximate surface area is 230 Å². The van der Waals surface area contributed by atoms with Crippen molar-refractivity contribution in [2.45, 2.75) is 88.6 Å². The van der Waals surface area contributed by atoms with Gasteiger partial charge in [-0.1, -0.05) is 0 Å². The molecule has 222 valence electrons. The predicted molar refractivity (Wildman–Crippen MR) is 132 cm³/mol. The van der Waals surface area contributed by atoms with E-state index in [1.807, 2.05) is 13.8 Å². The molecular weight excluding hydrogens is 555 g/mol. The zero-order chi connectivity index (χ0) is 29.6. The molecule has 17 heteroatoms. The van der Waals surface area contributed by atoms with E-state index in [0.717, 1.165) is 0 Å². The van der Waals surface area contributed by atoms with E-state index in [-0.39, 0.29) is 36.1 Å². The fourth-order valence-corrected chi connectivity index (χ4v) is 5.24. The number of rotatable bonds is 9. The van der Waals surface area contributed by atoms with Crippen molar-refractivity contribution in [1.29, 1.82) is 0 Å². The summed E-state index contributed by atoms with van der Waals surface area (Å²) in [7, 11) is 0. The lowest BCUT2D eigenvalue weighted by Crippen LogP contribution is -2.50. The Bertz CT molecular complexity index is 1400. The number of anilines is 1. The van der Waals surface area contributed by atoms with Gasteiger partial charge in [0.15, 0.2) is 5.82 Å². The number of hydrogen-bond donors (Lipinski definition) is 2. The summed E-state index contributed by atoms with van der Waals surface area (Å²) in [5, 5.41) is 24.4. The molecule has 0 aromatic carbocycles. The molecule has 2 aliphatic rings. The Balaban J connectivity index is 1.34. The minimum Gasteiger partial charge on any atom is -0.339 e. The number of carbonyl (C=O) groups is 2. The fraction of sp³-hybridized carbons (Fsp3) is 0.625. The zero-order valence-electron chi connectivity index (χ0n) is 22.3. The van der Waals surface area contributed by atoms with Gasteiger partial charge < -0.3 is 10.6 Å². The second-order valence-corrected chi connectivity index (χ2v) is 10.9. The van der Waals surface area contributed by atoms with Crippen molar-refractivity contribution in [2.24, 2.45) is 5.92 Å². The third-order valence-corrected chi connectivity index (χ3v) is 7.48. The molecule has 2 amide bonds. The average Bonchev–Trinajstić information content (AvgIpc) is 3.25. The van der Waals surface area contributed by atoms with Crippen LogP contribution in [0.1, 0.15) is 74.7 Å². The second kappa shape index (κ2) is 10.5. The molecule has 0 spiro atoms. The molecule has 3 aromatic heterocycles. The van der Waals surface area contributed by atoms with E-state index in [2.05, 4.69) is 36.4 Å². The van der Waals surface area contributed by atoms with Crippen LogP contribution >= 0.6 is 0 Å². The maximum Gasteiger partial charge on any atom is 0.408 e. The van der Waals surface area contributed by atoms with Gasteiger partial charge in [0.1, 0.15) is 23.8 Å². The SMILES string of the molecule is CC(C)n1nccc1C(=O)N[C@H](C(=O)Nc1cnn(C2(c3nnnn3CC(F)(F)F)CC2)c1)C1CCC(F)(F)CC1. The van der Waals surface area contributed by atoms with Gasteiger partial charge in [-0.3, -0.25) is 19.0 Å². The van der Waals surface area contributed by atoms with E-state index in [1.54, 1.807) is 0 Å². The molecule has 12 nitrogen and oxygen atoms in total. The normalized spacial score (nSPS) is 19.2. The van der Waals surface area contributed by atoms with Crippen molar-refractivity contribution in [3.63, 3.8) is 0 Å². The van der Waals surface area contributed by atoms with Crippen LogP contribution < -0.4 is 10.6 Å². The molecule has 2 fully saturated rings. The zero-order valence-corrected chi connectivity index (χ0v) is 22.3. The molecule has 0 unspecified atom stereocenters. The maximum absolute atomic E-state index is 13.9. The number of tetrazole rings is 1. The summed E-state index contributed by atoms with van der Waals surface area (Å²) < 4.78 is 70.4. The summed E-state index contributed by atoms with van der Waals surface area (Å²) in [6.07, 6.45) is -0.216. The van der Waals surface area contributed by atoms with Crippen LogP contribution in [0.5, 0.6) is 0 Å². The number of amides is 2. The van der Waals surface area contributed by atoms with Gasteiger partial charge in [0.25, 0.3) is 5.91 Å². The predicted octanol–water partition coefficient (Wildman–Crippen LogP) is 3.31. The number of aromatic nitrogens is 8. The van der Waals surface area contributed by atoms with Gasteiger partial charge in [-0.25, -0.2) is 13.5 Å². The lowest BCUT2D eigenvalue weighted by molar-refractivity contribution is -0.143. The number of nitrogens with zero attached hydrogens (tertiary/aromatic N) is 8. The second-order valence-electron chi connectivity index (χ2n) is 10.9. The van der Waals surface area contributed by atoms with Crippen molar-refractivity contribution >= 4 is 17.5 Å². The van der Waals surface area contributed by atoms with Crippen LogP contribution in [0, 0.1) is 5.92 Å². The number of halogens is 5. The topological polar surface area (TPSA) is 137 Å². The van der Waals surface area contributed by atoms with Crippen LogP contribution in [-0.2, 0) is 16.9 Å². The number of carbonyl (C=O) groups excluding carboxylic acids is 2. The van der Waals surface area contributed by atoms with Crippen LogP contribution in [0.3, 0.4) is 0 Å². The molecule has 0 bridgehead atoms. The van der Waals surface area contributed by atoms with E-state index in [1.165, 1.54) is 34.0 Å². The van der Waals surface area contributed by atoms with Crippen molar-refractivity contribution in [3.05, 3.63) is 36.2 Å². The van der Waals surface area contributed by atoms with E-state index >= 15 is 0 Å². The van der Waals surface area contributed by atoms with Crippen LogP contribution in [-0.4, -0.2) is 69.7 Å².